The summed E-state index contributed by atoms with van der Waals surface area (Å²) in [4.78, 5) is 9.06. The Bertz CT molecular complexity index is 1300. The minimum absolute atomic E-state index is 0.234. The molecule has 0 atom stereocenters. The van der Waals surface area contributed by atoms with Gasteiger partial charge in [0, 0.05) is 11.1 Å². The molecule has 0 bridgehead atoms. The lowest BCUT2D eigenvalue weighted by molar-refractivity contribution is 0.582. The molecule has 0 fully saturated rings. The first kappa shape index (κ1) is 17.8. The maximum Gasteiger partial charge on any atom is 0.270 e. The van der Waals surface area contributed by atoms with E-state index < -0.39 is 0 Å². The van der Waals surface area contributed by atoms with Crippen molar-refractivity contribution in [1.82, 2.24) is 20.2 Å². The topological polar surface area (TPSA) is 90.7 Å². The van der Waals surface area contributed by atoms with Gasteiger partial charge in [-0.3, -0.25) is 0 Å². The van der Waals surface area contributed by atoms with E-state index in [0.29, 0.717) is 17.3 Å². The second-order valence-electron chi connectivity index (χ2n) is 6.68. The molecule has 6 nitrogen and oxygen atoms in total. The van der Waals surface area contributed by atoms with Gasteiger partial charge in [0.1, 0.15) is 0 Å². The van der Waals surface area contributed by atoms with Crippen molar-refractivity contribution in [3.05, 3.63) is 91.1 Å². The van der Waals surface area contributed by atoms with Gasteiger partial charge in [-0.25, -0.2) is 9.97 Å². The molecule has 30 heavy (non-hydrogen) atoms. The molecule has 144 valence electrons. The molecule has 5 aromatic rings. The zero-order valence-corrected chi connectivity index (χ0v) is 15.9. The third-order valence-corrected chi connectivity index (χ3v) is 4.74. The average molecular weight is 391 g/mol. The van der Waals surface area contributed by atoms with Gasteiger partial charge in [-0.2, -0.15) is 0 Å². The van der Waals surface area contributed by atoms with Crippen molar-refractivity contribution < 1.29 is 4.42 Å². The zero-order valence-electron chi connectivity index (χ0n) is 15.9. The molecule has 5 rings (SSSR count). The van der Waals surface area contributed by atoms with Crippen molar-refractivity contribution in [2.45, 2.75) is 0 Å². The summed E-state index contributed by atoms with van der Waals surface area (Å²) in [6.07, 6.45) is 1.66. The summed E-state index contributed by atoms with van der Waals surface area (Å²) in [7, 11) is 0. The fourth-order valence-corrected chi connectivity index (χ4v) is 3.28. The number of benzene rings is 3. The molecule has 0 unspecified atom stereocenters. The Morgan fingerprint density at radius 3 is 1.97 bits per heavy atom. The van der Waals surface area contributed by atoms with Crippen LogP contribution < -0.4 is 5.73 Å². The lowest BCUT2D eigenvalue weighted by Crippen LogP contribution is -1.99. The first-order valence-corrected chi connectivity index (χ1v) is 9.46. The van der Waals surface area contributed by atoms with Gasteiger partial charge in [0.05, 0.1) is 11.9 Å². The molecule has 6 heteroatoms. The Morgan fingerprint density at radius 1 is 0.633 bits per heavy atom. The fraction of sp³-hybridized carbons (Fsp3) is 0. The van der Waals surface area contributed by atoms with Gasteiger partial charge in [-0.15, -0.1) is 10.2 Å². The number of nitrogen functional groups attached to an aromatic ring is 1. The standard InChI is InChI=1S/C24H17N5O/c25-22-21(24-29-28-23(30-24)17-11-5-2-6-12-17)27-20(15-26-22)19-14-8-7-13-18(19)16-9-3-1-4-10-16/h1-15H,(H2,25,26). The molecule has 0 aliphatic rings. The van der Waals surface area contributed by atoms with Crippen LogP contribution in [-0.4, -0.2) is 20.2 Å². The van der Waals surface area contributed by atoms with Crippen LogP contribution in [0.4, 0.5) is 5.82 Å². The van der Waals surface area contributed by atoms with Crippen molar-refractivity contribution in [1.29, 1.82) is 0 Å². The molecular formula is C24H17N5O. The smallest absolute Gasteiger partial charge is 0.270 e. The number of nitrogens with two attached hydrogens (primary N) is 1. The number of anilines is 1. The second kappa shape index (κ2) is 7.60. The van der Waals surface area contributed by atoms with Crippen molar-refractivity contribution in [2.24, 2.45) is 0 Å². The summed E-state index contributed by atoms with van der Waals surface area (Å²) in [6, 6.07) is 27.7. The lowest BCUT2D eigenvalue weighted by Gasteiger charge is -2.10. The Hall–Kier alpha value is -4.32. The number of hydrogen-bond donors (Lipinski definition) is 1. The van der Waals surface area contributed by atoms with Crippen molar-refractivity contribution in [2.75, 3.05) is 5.73 Å². The summed E-state index contributed by atoms with van der Waals surface area (Å²) < 4.78 is 5.84. The average Bonchev–Trinajstić information content (AvgIpc) is 3.31. The molecule has 0 spiro atoms. The summed E-state index contributed by atoms with van der Waals surface area (Å²) in [5.74, 6) is 0.874. The Balaban J connectivity index is 1.59. The van der Waals surface area contributed by atoms with Crippen LogP contribution in [-0.2, 0) is 0 Å². The minimum atomic E-state index is 0.234. The third-order valence-electron chi connectivity index (χ3n) is 4.74. The second-order valence-corrected chi connectivity index (χ2v) is 6.68. The molecular weight excluding hydrogens is 374 g/mol. The monoisotopic (exact) mass is 391 g/mol. The molecule has 2 N–H and O–H groups in total. The SMILES string of the molecule is Nc1ncc(-c2ccccc2-c2ccccc2)nc1-c1nnc(-c2ccccc2)o1. The van der Waals surface area contributed by atoms with Crippen molar-refractivity contribution in [3.8, 4) is 45.4 Å². The quantitative estimate of drug-likeness (QED) is 0.458. The number of aromatic nitrogens is 4. The van der Waals surface area contributed by atoms with Crippen LogP contribution in [0.3, 0.4) is 0 Å². The zero-order chi connectivity index (χ0) is 20.3. The van der Waals surface area contributed by atoms with Gasteiger partial charge < -0.3 is 10.2 Å². The summed E-state index contributed by atoms with van der Waals surface area (Å²) >= 11 is 0. The van der Waals surface area contributed by atoms with Gasteiger partial charge in [0.25, 0.3) is 5.89 Å². The first-order valence-electron chi connectivity index (χ1n) is 9.46. The van der Waals surface area contributed by atoms with E-state index in [2.05, 4.69) is 33.4 Å². The Labute approximate surface area is 173 Å². The van der Waals surface area contributed by atoms with E-state index >= 15 is 0 Å². The highest BCUT2D eigenvalue weighted by Crippen LogP contribution is 2.33. The maximum absolute atomic E-state index is 6.10. The van der Waals surface area contributed by atoms with Gasteiger partial charge in [0.15, 0.2) is 11.5 Å². The molecule has 0 radical (unpaired) electrons. The molecule has 0 saturated heterocycles. The largest absolute Gasteiger partial charge is 0.414 e. The van der Waals surface area contributed by atoms with Gasteiger partial charge in [-0.1, -0.05) is 72.8 Å². The highest BCUT2D eigenvalue weighted by Gasteiger charge is 2.18. The number of hydrogen-bond acceptors (Lipinski definition) is 6. The predicted octanol–water partition coefficient (Wildman–Crippen LogP) is 5.11. The molecule has 0 amide bonds. The van der Waals surface area contributed by atoms with Crippen LogP contribution in [0.15, 0.2) is 95.5 Å². The third kappa shape index (κ3) is 3.31. The highest BCUT2D eigenvalue weighted by atomic mass is 16.4. The van der Waals surface area contributed by atoms with E-state index in [1.807, 2.05) is 66.7 Å². The van der Waals surface area contributed by atoms with Crippen molar-refractivity contribution in [3.63, 3.8) is 0 Å². The van der Waals surface area contributed by atoms with Gasteiger partial charge in [-0.05, 0) is 23.3 Å². The number of nitrogens with zero attached hydrogens (tertiary/aromatic N) is 4. The summed E-state index contributed by atoms with van der Waals surface area (Å²) in [6.45, 7) is 0. The van der Waals surface area contributed by atoms with Crippen LogP contribution in [0.1, 0.15) is 0 Å². The van der Waals surface area contributed by atoms with Crippen LogP contribution in [0.25, 0.3) is 45.4 Å². The fourth-order valence-electron chi connectivity index (χ4n) is 3.28. The van der Waals surface area contributed by atoms with Gasteiger partial charge in [0.2, 0.25) is 5.89 Å². The summed E-state index contributed by atoms with van der Waals surface area (Å²) in [5, 5.41) is 8.27. The van der Waals surface area contributed by atoms with Crippen LogP contribution in [0, 0.1) is 0 Å². The Morgan fingerprint density at radius 2 is 1.23 bits per heavy atom. The molecule has 2 heterocycles. The molecule has 3 aromatic carbocycles. The molecule has 0 aliphatic heterocycles. The lowest BCUT2D eigenvalue weighted by atomic mass is 9.98. The van der Waals surface area contributed by atoms with E-state index in [0.717, 1.165) is 22.3 Å². The predicted molar refractivity (Wildman–Crippen MR) is 116 cm³/mol. The highest BCUT2D eigenvalue weighted by molar-refractivity contribution is 5.82. The van der Waals surface area contributed by atoms with Crippen molar-refractivity contribution >= 4 is 5.82 Å². The normalized spacial score (nSPS) is 10.8. The van der Waals surface area contributed by atoms with Gasteiger partial charge >= 0.3 is 0 Å². The van der Waals surface area contributed by atoms with Crippen LogP contribution in [0.2, 0.25) is 0 Å². The van der Waals surface area contributed by atoms with Crippen LogP contribution in [0.5, 0.6) is 0 Å². The van der Waals surface area contributed by atoms with E-state index in [1.165, 1.54) is 0 Å². The molecule has 2 aromatic heterocycles. The van der Waals surface area contributed by atoms with E-state index in [4.69, 9.17) is 15.1 Å². The molecule has 0 aliphatic carbocycles. The maximum atomic E-state index is 6.10. The number of rotatable bonds is 4. The van der Waals surface area contributed by atoms with Crippen LogP contribution >= 0.6 is 0 Å². The van der Waals surface area contributed by atoms with E-state index in [-0.39, 0.29) is 11.7 Å². The summed E-state index contributed by atoms with van der Waals surface area (Å²) in [5.41, 5.74) is 11.1. The molecule has 0 saturated carbocycles. The van der Waals surface area contributed by atoms with E-state index in [9.17, 15) is 0 Å². The minimum Gasteiger partial charge on any atom is -0.414 e. The first-order chi connectivity index (χ1) is 14.8. The Kier molecular flexibility index (Phi) is 4.50. The van der Waals surface area contributed by atoms with E-state index in [1.54, 1.807) is 6.20 Å².